The molecule has 0 atom stereocenters. The maximum atomic E-state index is 6.07. The molecule has 21 heavy (non-hydrogen) atoms. The van der Waals surface area contributed by atoms with Crippen LogP contribution in [-0.2, 0) is 13.1 Å². The summed E-state index contributed by atoms with van der Waals surface area (Å²) < 4.78 is 1.11. The standard InChI is InChI=1S/C17H20BrClN2/c18-16-6-1-4-14(10-16)12-21(9-3-8-20)13-15-5-2-7-17(19)11-15/h1-2,4-7,10-11H,3,8-9,12-13,20H2. The molecule has 4 heteroatoms. The van der Waals surface area contributed by atoms with Gasteiger partial charge in [0.1, 0.15) is 0 Å². The Morgan fingerprint density at radius 1 is 1.00 bits per heavy atom. The van der Waals surface area contributed by atoms with Gasteiger partial charge < -0.3 is 5.73 Å². The molecule has 112 valence electrons. The zero-order valence-electron chi connectivity index (χ0n) is 11.9. The molecule has 0 saturated heterocycles. The van der Waals surface area contributed by atoms with Gasteiger partial charge in [-0.2, -0.15) is 0 Å². The van der Waals surface area contributed by atoms with Crippen LogP contribution in [0.3, 0.4) is 0 Å². The van der Waals surface area contributed by atoms with Gasteiger partial charge in [0.25, 0.3) is 0 Å². The van der Waals surface area contributed by atoms with E-state index in [4.69, 9.17) is 17.3 Å². The lowest BCUT2D eigenvalue weighted by atomic mass is 10.1. The lowest BCUT2D eigenvalue weighted by Gasteiger charge is -2.22. The summed E-state index contributed by atoms with van der Waals surface area (Å²) in [5.41, 5.74) is 8.18. The quantitative estimate of drug-likeness (QED) is 0.783. The van der Waals surface area contributed by atoms with Crippen LogP contribution in [0.1, 0.15) is 17.5 Å². The maximum absolute atomic E-state index is 6.07. The molecule has 0 radical (unpaired) electrons. The lowest BCUT2D eigenvalue weighted by Crippen LogP contribution is -2.25. The van der Waals surface area contributed by atoms with E-state index >= 15 is 0 Å². The Morgan fingerprint density at radius 2 is 1.67 bits per heavy atom. The minimum atomic E-state index is 0.713. The van der Waals surface area contributed by atoms with E-state index in [2.05, 4.69) is 45.1 Å². The first kappa shape index (κ1) is 16.5. The lowest BCUT2D eigenvalue weighted by molar-refractivity contribution is 0.255. The van der Waals surface area contributed by atoms with E-state index in [1.165, 1.54) is 11.1 Å². The summed E-state index contributed by atoms with van der Waals surface area (Å²) in [5, 5.41) is 0.786. The molecule has 2 nitrogen and oxygen atoms in total. The molecule has 0 aliphatic carbocycles. The topological polar surface area (TPSA) is 29.3 Å². The number of nitrogens with two attached hydrogens (primary N) is 1. The van der Waals surface area contributed by atoms with Crippen LogP contribution in [0, 0.1) is 0 Å². The van der Waals surface area contributed by atoms with Gasteiger partial charge in [-0.15, -0.1) is 0 Å². The summed E-state index contributed by atoms with van der Waals surface area (Å²) in [5.74, 6) is 0. The van der Waals surface area contributed by atoms with E-state index in [1.54, 1.807) is 0 Å². The molecule has 0 heterocycles. The zero-order chi connectivity index (χ0) is 15.1. The first-order valence-electron chi connectivity index (χ1n) is 7.08. The van der Waals surface area contributed by atoms with Gasteiger partial charge in [-0.05, 0) is 48.4 Å². The molecule has 0 unspecified atom stereocenters. The van der Waals surface area contributed by atoms with E-state index in [0.29, 0.717) is 6.54 Å². The molecule has 2 aromatic rings. The van der Waals surface area contributed by atoms with Crippen LogP contribution in [0.5, 0.6) is 0 Å². The Balaban J connectivity index is 2.06. The van der Waals surface area contributed by atoms with Gasteiger partial charge in [0.2, 0.25) is 0 Å². The molecule has 0 spiro atoms. The van der Waals surface area contributed by atoms with Crippen molar-refractivity contribution in [3.63, 3.8) is 0 Å². The summed E-state index contributed by atoms with van der Waals surface area (Å²) >= 11 is 9.59. The normalized spacial score (nSPS) is 11.0. The summed E-state index contributed by atoms with van der Waals surface area (Å²) in [6.45, 7) is 3.49. The molecule has 0 bridgehead atoms. The number of rotatable bonds is 7. The SMILES string of the molecule is NCCCN(Cc1cccc(Cl)c1)Cc1cccc(Br)c1. The highest BCUT2D eigenvalue weighted by Gasteiger charge is 2.07. The first-order valence-corrected chi connectivity index (χ1v) is 8.26. The van der Waals surface area contributed by atoms with E-state index in [0.717, 1.165) is 35.6 Å². The van der Waals surface area contributed by atoms with Crippen molar-refractivity contribution in [1.82, 2.24) is 4.90 Å². The first-order chi connectivity index (χ1) is 10.2. The van der Waals surface area contributed by atoms with Crippen molar-refractivity contribution >= 4 is 27.5 Å². The summed E-state index contributed by atoms with van der Waals surface area (Å²) in [7, 11) is 0. The van der Waals surface area contributed by atoms with Gasteiger partial charge >= 0.3 is 0 Å². The Kier molecular flexibility index (Phi) is 6.71. The molecule has 2 aromatic carbocycles. The largest absolute Gasteiger partial charge is 0.330 e. The van der Waals surface area contributed by atoms with Crippen LogP contribution in [-0.4, -0.2) is 18.0 Å². The van der Waals surface area contributed by atoms with Crippen molar-refractivity contribution in [3.8, 4) is 0 Å². The van der Waals surface area contributed by atoms with E-state index in [1.807, 2.05) is 24.3 Å². The average molecular weight is 368 g/mol. The fourth-order valence-corrected chi connectivity index (χ4v) is 2.98. The van der Waals surface area contributed by atoms with Crippen molar-refractivity contribution in [2.45, 2.75) is 19.5 Å². The number of halogens is 2. The number of benzene rings is 2. The van der Waals surface area contributed by atoms with Crippen molar-refractivity contribution < 1.29 is 0 Å². The second-order valence-electron chi connectivity index (χ2n) is 5.11. The summed E-state index contributed by atoms with van der Waals surface area (Å²) in [6.07, 6.45) is 0.995. The number of nitrogens with zero attached hydrogens (tertiary/aromatic N) is 1. The number of hydrogen-bond donors (Lipinski definition) is 1. The highest BCUT2D eigenvalue weighted by Crippen LogP contribution is 2.17. The van der Waals surface area contributed by atoms with E-state index in [9.17, 15) is 0 Å². The predicted molar refractivity (Wildman–Crippen MR) is 93.4 cm³/mol. The zero-order valence-corrected chi connectivity index (χ0v) is 14.3. The van der Waals surface area contributed by atoms with Gasteiger partial charge in [-0.3, -0.25) is 4.90 Å². The Morgan fingerprint density at radius 3 is 2.29 bits per heavy atom. The van der Waals surface area contributed by atoms with Crippen molar-refractivity contribution in [2.75, 3.05) is 13.1 Å². The van der Waals surface area contributed by atoms with Crippen LogP contribution < -0.4 is 5.73 Å². The third kappa shape index (κ3) is 5.79. The van der Waals surface area contributed by atoms with Crippen LogP contribution in [0.15, 0.2) is 53.0 Å². The molecular formula is C17H20BrClN2. The monoisotopic (exact) mass is 366 g/mol. The fourth-order valence-electron chi connectivity index (χ4n) is 2.32. The van der Waals surface area contributed by atoms with Crippen molar-refractivity contribution in [2.24, 2.45) is 5.73 Å². The van der Waals surface area contributed by atoms with Gasteiger partial charge in [0, 0.05) is 29.1 Å². The van der Waals surface area contributed by atoms with Crippen molar-refractivity contribution in [1.29, 1.82) is 0 Å². The highest BCUT2D eigenvalue weighted by molar-refractivity contribution is 9.10. The van der Waals surface area contributed by atoms with Gasteiger partial charge in [0.15, 0.2) is 0 Å². The third-order valence-electron chi connectivity index (χ3n) is 3.27. The molecular weight excluding hydrogens is 348 g/mol. The molecule has 0 aromatic heterocycles. The van der Waals surface area contributed by atoms with Gasteiger partial charge in [-0.25, -0.2) is 0 Å². The van der Waals surface area contributed by atoms with Crippen LogP contribution in [0.2, 0.25) is 5.02 Å². The smallest absolute Gasteiger partial charge is 0.0409 e. The highest BCUT2D eigenvalue weighted by atomic mass is 79.9. The van der Waals surface area contributed by atoms with Gasteiger partial charge in [0.05, 0.1) is 0 Å². The number of hydrogen-bond acceptors (Lipinski definition) is 2. The second-order valence-corrected chi connectivity index (χ2v) is 6.46. The summed E-state index contributed by atoms with van der Waals surface area (Å²) in [4.78, 5) is 2.40. The van der Waals surface area contributed by atoms with Crippen LogP contribution in [0.4, 0.5) is 0 Å². The van der Waals surface area contributed by atoms with E-state index < -0.39 is 0 Å². The predicted octanol–water partition coefficient (Wildman–Crippen LogP) is 4.45. The van der Waals surface area contributed by atoms with Crippen LogP contribution in [0.25, 0.3) is 0 Å². The van der Waals surface area contributed by atoms with E-state index in [-0.39, 0.29) is 0 Å². The minimum Gasteiger partial charge on any atom is -0.330 e. The molecule has 0 aliphatic heterocycles. The summed E-state index contributed by atoms with van der Waals surface area (Å²) in [6, 6.07) is 16.5. The molecule has 0 saturated carbocycles. The second kappa shape index (κ2) is 8.54. The Hall–Kier alpha value is -0.870. The molecule has 0 fully saturated rings. The van der Waals surface area contributed by atoms with Crippen molar-refractivity contribution in [3.05, 3.63) is 69.2 Å². The maximum Gasteiger partial charge on any atom is 0.0409 e. The third-order valence-corrected chi connectivity index (χ3v) is 4.00. The molecule has 2 rings (SSSR count). The molecule has 2 N–H and O–H groups in total. The molecule has 0 amide bonds. The Labute approximate surface area is 140 Å². The minimum absolute atomic E-state index is 0.713. The average Bonchev–Trinajstić information content (AvgIpc) is 2.45. The van der Waals surface area contributed by atoms with Gasteiger partial charge in [-0.1, -0.05) is 51.8 Å². The molecule has 0 aliphatic rings. The van der Waals surface area contributed by atoms with Crippen LogP contribution >= 0.6 is 27.5 Å². The fraction of sp³-hybridized carbons (Fsp3) is 0.294. The Bertz CT molecular complexity index is 527.